The van der Waals surface area contributed by atoms with E-state index in [9.17, 15) is 14.4 Å². The van der Waals surface area contributed by atoms with Crippen LogP contribution in [-0.2, 0) is 14.4 Å². The quantitative estimate of drug-likeness (QED) is 0.807. The van der Waals surface area contributed by atoms with Gasteiger partial charge in [0.1, 0.15) is 11.3 Å². The van der Waals surface area contributed by atoms with Gasteiger partial charge in [-0.05, 0) is 25.0 Å². The molecule has 1 aliphatic rings. The molecule has 0 aliphatic carbocycles. The highest BCUT2D eigenvalue weighted by molar-refractivity contribution is 6.04. The van der Waals surface area contributed by atoms with Gasteiger partial charge in [-0.1, -0.05) is 48.5 Å². The zero-order chi connectivity index (χ0) is 18.6. The molecule has 3 rings (SSSR count). The molecule has 6 heteroatoms. The maximum atomic E-state index is 12.3. The van der Waals surface area contributed by atoms with Gasteiger partial charge in [0.25, 0.3) is 11.8 Å². The zero-order valence-electron chi connectivity index (χ0n) is 14.5. The molecule has 1 saturated heterocycles. The zero-order valence-corrected chi connectivity index (χ0v) is 14.5. The van der Waals surface area contributed by atoms with E-state index in [0.29, 0.717) is 5.75 Å². The number of carbonyl (C=O) groups is 3. The molecule has 0 aromatic heterocycles. The molecule has 2 N–H and O–H groups in total. The molecule has 1 atom stereocenters. The van der Waals surface area contributed by atoms with Crippen molar-refractivity contribution < 1.29 is 19.1 Å². The SMILES string of the molecule is CC1(NC(=O)COc2ccccc2-c2ccccc2)CCC(=O)NC1=O. The molecule has 134 valence electrons. The van der Waals surface area contributed by atoms with Crippen molar-refractivity contribution in [2.45, 2.75) is 25.3 Å². The summed E-state index contributed by atoms with van der Waals surface area (Å²) in [5.74, 6) is -0.649. The molecule has 6 nitrogen and oxygen atoms in total. The van der Waals surface area contributed by atoms with Gasteiger partial charge in [0.15, 0.2) is 6.61 Å². The van der Waals surface area contributed by atoms with Crippen LogP contribution >= 0.6 is 0 Å². The Balaban J connectivity index is 1.66. The predicted octanol–water partition coefficient (Wildman–Crippen LogP) is 2.04. The number of hydrogen-bond acceptors (Lipinski definition) is 4. The van der Waals surface area contributed by atoms with Crippen molar-refractivity contribution in [1.82, 2.24) is 10.6 Å². The first-order valence-corrected chi connectivity index (χ1v) is 8.40. The average molecular weight is 352 g/mol. The normalized spacial score (nSPS) is 19.6. The Morgan fingerprint density at radius 1 is 1.12 bits per heavy atom. The summed E-state index contributed by atoms with van der Waals surface area (Å²) in [7, 11) is 0. The smallest absolute Gasteiger partial charge is 0.258 e. The van der Waals surface area contributed by atoms with Crippen LogP contribution in [-0.4, -0.2) is 29.9 Å². The van der Waals surface area contributed by atoms with Gasteiger partial charge < -0.3 is 10.1 Å². The summed E-state index contributed by atoms with van der Waals surface area (Å²) in [4.78, 5) is 35.5. The second-order valence-electron chi connectivity index (χ2n) is 6.41. The molecule has 1 unspecified atom stereocenters. The van der Waals surface area contributed by atoms with Gasteiger partial charge in [0, 0.05) is 12.0 Å². The van der Waals surface area contributed by atoms with Crippen LogP contribution in [0.5, 0.6) is 5.75 Å². The van der Waals surface area contributed by atoms with E-state index < -0.39 is 17.4 Å². The second kappa shape index (κ2) is 7.39. The Kier molecular flexibility index (Phi) is 5.02. The second-order valence-corrected chi connectivity index (χ2v) is 6.41. The minimum absolute atomic E-state index is 0.195. The summed E-state index contributed by atoms with van der Waals surface area (Å²) in [6, 6.07) is 17.2. The van der Waals surface area contributed by atoms with Gasteiger partial charge in [-0.15, -0.1) is 0 Å². The van der Waals surface area contributed by atoms with Crippen molar-refractivity contribution >= 4 is 17.7 Å². The molecule has 1 aliphatic heterocycles. The summed E-state index contributed by atoms with van der Waals surface area (Å²) in [5.41, 5.74) is 0.765. The number of ether oxygens (including phenoxy) is 1. The van der Waals surface area contributed by atoms with E-state index in [1.165, 1.54) is 0 Å². The molecular formula is C20H20N2O4. The highest BCUT2D eigenvalue weighted by atomic mass is 16.5. The lowest BCUT2D eigenvalue weighted by Crippen LogP contribution is -2.61. The van der Waals surface area contributed by atoms with Crippen LogP contribution < -0.4 is 15.4 Å². The van der Waals surface area contributed by atoms with Gasteiger partial charge >= 0.3 is 0 Å². The van der Waals surface area contributed by atoms with E-state index in [-0.39, 0.29) is 25.4 Å². The van der Waals surface area contributed by atoms with Gasteiger partial charge in [0.05, 0.1) is 0 Å². The first-order valence-electron chi connectivity index (χ1n) is 8.40. The molecule has 2 aromatic rings. The van der Waals surface area contributed by atoms with E-state index in [2.05, 4.69) is 10.6 Å². The number of amides is 3. The monoisotopic (exact) mass is 352 g/mol. The Labute approximate surface area is 151 Å². The third kappa shape index (κ3) is 3.91. The molecule has 1 fully saturated rings. The number of para-hydroxylation sites is 1. The summed E-state index contributed by atoms with van der Waals surface area (Å²) >= 11 is 0. The Morgan fingerprint density at radius 3 is 2.54 bits per heavy atom. The Hall–Kier alpha value is -3.15. The lowest BCUT2D eigenvalue weighted by Gasteiger charge is -2.32. The average Bonchev–Trinajstić information content (AvgIpc) is 2.65. The standard InChI is InChI=1S/C20H20N2O4/c1-20(12-11-17(23)21-19(20)25)22-18(24)13-26-16-10-6-5-9-15(16)14-7-3-2-4-8-14/h2-10H,11-13H2,1H3,(H,22,24)(H,21,23,25). The number of carbonyl (C=O) groups excluding carboxylic acids is 3. The molecule has 0 spiro atoms. The van der Waals surface area contributed by atoms with Crippen LogP contribution in [0.15, 0.2) is 54.6 Å². The molecule has 0 saturated carbocycles. The highest BCUT2D eigenvalue weighted by Crippen LogP contribution is 2.29. The lowest BCUT2D eigenvalue weighted by atomic mass is 9.91. The number of hydrogen-bond donors (Lipinski definition) is 2. The Morgan fingerprint density at radius 2 is 1.81 bits per heavy atom. The minimum Gasteiger partial charge on any atom is -0.483 e. The molecule has 26 heavy (non-hydrogen) atoms. The summed E-state index contributed by atoms with van der Waals surface area (Å²) in [6.45, 7) is 1.38. The van der Waals surface area contributed by atoms with Crippen molar-refractivity contribution in [3.05, 3.63) is 54.6 Å². The molecule has 3 amide bonds. The van der Waals surface area contributed by atoms with Crippen molar-refractivity contribution in [2.24, 2.45) is 0 Å². The summed E-state index contributed by atoms with van der Waals surface area (Å²) in [6.07, 6.45) is 0.463. The first-order chi connectivity index (χ1) is 12.5. The number of piperidine rings is 1. The van der Waals surface area contributed by atoms with Crippen molar-refractivity contribution in [3.8, 4) is 16.9 Å². The van der Waals surface area contributed by atoms with E-state index in [0.717, 1.165) is 11.1 Å². The molecule has 2 aromatic carbocycles. The minimum atomic E-state index is -1.10. The molecule has 0 radical (unpaired) electrons. The third-order valence-corrected chi connectivity index (χ3v) is 4.35. The van der Waals surface area contributed by atoms with Crippen molar-refractivity contribution in [3.63, 3.8) is 0 Å². The highest BCUT2D eigenvalue weighted by Gasteiger charge is 2.39. The largest absolute Gasteiger partial charge is 0.483 e. The van der Waals surface area contributed by atoms with E-state index in [1.807, 2.05) is 48.5 Å². The van der Waals surface area contributed by atoms with Crippen molar-refractivity contribution in [2.75, 3.05) is 6.61 Å². The number of benzene rings is 2. The topological polar surface area (TPSA) is 84.5 Å². The number of imide groups is 1. The number of rotatable bonds is 5. The molecule has 1 heterocycles. The van der Waals surface area contributed by atoms with Gasteiger partial charge in [-0.3, -0.25) is 19.7 Å². The summed E-state index contributed by atoms with van der Waals surface area (Å²) in [5, 5.41) is 4.91. The van der Waals surface area contributed by atoms with E-state index >= 15 is 0 Å². The maximum absolute atomic E-state index is 12.3. The van der Waals surface area contributed by atoms with Gasteiger partial charge in [-0.25, -0.2) is 0 Å². The van der Waals surface area contributed by atoms with E-state index in [4.69, 9.17) is 4.74 Å². The lowest BCUT2D eigenvalue weighted by molar-refractivity contribution is -0.141. The van der Waals surface area contributed by atoms with Crippen LogP contribution in [0.25, 0.3) is 11.1 Å². The van der Waals surface area contributed by atoms with Crippen LogP contribution in [0.2, 0.25) is 0 Å². The molecular weight excluding hydrogens is 332 g/mol. The molecule has 0 bridgehead atoms. The van der Waals surface area contributed by atoms with Crippen molar-refractivity contribution in [1.29, 1.82) is 0 Å². The van der Waals surface area contributed by atoms with Gasteiger partial charge in [-0.2, -0.15) is 0 Å². The third-order valence-electron chi connectivity index (χ3n) is 4.35. The van der Waals surface area contributed by atoms with Crippen LogP contribution in [0.1, 0.15) is 19.8 Å². The van der Waals surface area contributed by atoms with Crippen LogP contribution in [0, 0.1) is 0 Å². The summed E-state index contributed by atoms with van der Waals surface area (Å²) < 4.78 is 5.69. The fraction of sp³-hybridized carbons (Fsp3) is 0.250. The predicted molar refractivity (Wildman–Crippen MR) is 96.3 cm³/mol. The van der Waals surface area contributed by atoms with Crippen LogP contribution in [0.3, 0.4) is 0 Å². The Bertz CT molecular complexity index is 835. The first kappa shape index (κ1) is 17.7. The van der Waals surface area contributed by atoms with E-state index in [1.54, 1.807) is 13.0 Å². The number of nitrogens with one attached hydrogen (secondary N) is 2. The maximum Gasteiger partial charge on any atom is 0.258 e. The van der Waals surface area contributed by atoms with Gasteiger partial charge in [0.2, 0.25) is 5.91 Å². The fourth-order valence-electron chi connectivity index (χ4n) is 2.86. The van der Waals surface area contributed by atoms with Crippen LogP contribution in [0.4, 0.5) is 0 Å². The fourth-order valence-corrected chi connectivity index (χ4v) is 2.86.